The molecule has 2 heterocycles. The molecule has 7 heteroatoms. The first-order chi connectivity index (χ1) is 13.3. The molecule has 1 atom stereocenters. The maximum absolute atomic E-state index is 12.9. The summed E-state index contributed by atoms with van der Waals surface area (Å²) in [7, 11) is 0. The number of nitrogens with one attached hydrogen (secondary N) is 1. The van der Waals surface area contributed by atoms with Crippen LogP contribution in [0.25, 0.3) is 0 Å². The van der Waals surface area contributed by atoms with Gasteiger partial charge in [-0.25, -0.2) is 9.69 Å². The second kappa shape index (κ2) is 8.80. The first kappa shape index (κ1) is 21.1. The summed E-state index contributed by atoms with van der Waals surface area (Å²) < 4.78 is 0. The van der Waals surface area contributed by atoms with Crippen LogP contribution in [0.2, 0.25) is 5.02 Å². The van der Waals surface area contributed by atoms with Gasteiger partial charge >= 0.3 is 6.03 Å². The van der Waals surface area contributed by atoms with Crippen LogP contribution < -0.4 is 5.32 Å². The number of imide groups is 1. The maximum atomic E-state index is 12.9. The molecule has 0 radical (unpaired) electrons. The highest BCUT2D eigenvalue weighted by molar-refractivity contribution is 6.30. The number of hydrogen-bond donors (Lipinski definition) is 1. The Hall–Kier alpha value is -1.63. The van der Waals surface area contributed by atoms with Crippen molar-refractivity contribution in [3.8, 4) is 0 Å². The molecule has 0 bridgehead atoms. The molecule has 0 saturated carbocycles. The van der Waals surface area contributed by atoms with E-state index in [-0.39, 0.29) is 11.9 Å². The summed E-state index contributed by atoms with van der Waals surface area (Å²) in [4.78, 5) is 31.2. The Labute approximate surface area is 172 Å². The van der Waals surface area contributed by atoms with E-state index in [1.807, 2.05) is 19.1 Å². The number of urea groups is 1. The van der Waals surface area contributed by atoms with E-state index in [1.54, 1.807) is 0 Å². The molecule has 1 aromatic rings. The lowest BCUT2D eigenvalue weighted by Gasteiger charge is -2.36. The Morgan fingerprint density at radius 1 is 1.07 bits per heavy atom. The van der Waals surface area contributed by atoms with E-state index in [0.29, 0.717) is 19.0 Å². The summed E-state index contributed by atoms with van der Waals surface area (Å²) in [5, 5.41) is 3.66. The normalized spacial score (nSPS) is 24.2. The lowest BCUT2D eigenvalue weighted by molar-refractivity contribution is -0.132. The van der Waals surface area contributed by atoms with Crippen LogP contribution >= 0.6 is 11.6 Å². The number of benzene rings is 1. The Balaban J connectivity index is 1.49. The van der Waals surface area contributed by atoms with E-state index in [4.69, 9.17) is 11.6 Å². The lowest BCUT2D eigenvalue weighted by atomic mass is 9.92. The fourth-order valence-electron chi connectivity index (χ4n) is 3.76. The van der Waals surface area contributed by atoms with Crippen LogP contribution in [0.4, 0.5) is 4.79 Å². The SMILES string of the molecule is CC(C)CC[C@@]1(C)NC(=O)N(CN2CCN(Cc3ccc(Cl)cc3)CC2)C1=O. The first-order valence-corrected chi connectivity index (χ1v) is 10.5. The van der Waals surface area contributed by atoms with Gasteiger partial charge in [0.15, 0.2) is 0 Å². The van der Waals surface area contributed by atoms with Crippen LogP contribution in [0.5, 0.6) is 0 Å². The van der Waals surface area contributed by atoms with Gasteiger partial charge in [-0.1, -0.05) is 37.6 Å². The predicted octanol–water partition coefficient (Wildman–Crippen LogP) is 3.16. The lowest BCUT2D eigenvalue weighted by Crippen LogP contribution is -2.51. The zero-order valence-corrected chi connectivity index (χ0v) is 17.8. The third kappa shape index (κ3) is 5.04. The van der Waals surface area contributed by atoms with Gasteiger partial charge in [-0.2, -0.15) is 0 Å². The third-order valence-electron chi connectivity index (χ3n) is 5.69. The molecule has 28 heavy (non-hydrogen) atoms. The van der Waals surface area contributed by atoms with E-state index in [1.165, 1.54) is 10.5 Å². The number of rotatable bonds is 7. The zero-order valence-electron chi connectivity index (χ0n) is 17.1. The maximum Gasteiger partial charge on any atom is 0.326 e. The molecule has 0 spiro atoms. The summed E-state index contributed by atoms with van der Waals surface area (Å²) in [6, 6.07) is 7.68. The van der Waals surface area contributed by atoms with E-state index in [9.17, 15) is 9.59 Å². The molecule has 3 amide bonds. The van der Waals surface area contributed by atoms with E-state index in [2.05, 4.69) is 41.1 Å². The Morgan fingerprint density at radius 2 is 1.68 bits per heavy atom. The molecule has 2 aliphatic heterocycles. The van der Waals surface area contributed by atoms with Crippen LogP contribution in [-0.2, 0) is 11.3 Å². The highest BCUT2D eigenvalue weighted by atomic mass is 35.5. The molecule has 0 unspecified atom stereocenters. The number of piperazine rings is 1. The fraction of sp³-hybridized carbons (Fsp3) is 0.619. The van der Waals surface area contributed by atoms with Crippen molar-refractivity contribution in [3.05, 3.63) is 34.9 Å². The quantitative estimate of drug-likeness (QED) is 0.706. The van der Waals surface area contributed by atoms with Crippen molar-refractivity contribution in [2.45, 2.75) is 45.7 Å². The molecule has 2 fully saturated rings. The van der Waals surface area contributed by atoms with Gasteiger partial charge in [-0.3, -0.25) is 14.6 Å². The molecule has 154 valence electrons. The van der Waals surface area contributed by atoms with Crippen molar-refractivity contribution in [3.63, 3.8) is 0 Å². The average Bonchev–Trinajstić information content (AvgIpc) is 2.87. The summed E-state index contributed by atoms with van der Waals surface area (Å²) in [6.07, 6.45) is 1.60. The number of halogens is 1. The minimum atomic E-state index is -0.766. The first-order valence-electron chi connectivity index (χ1n) is 10.1. The van der Waals surface area contributed by atoms with Gasteiger partial charge in [0.2, 0.25) is 0 Å². The third-order valence-corrected chi connectivity index (χ3v) is 5.94. The zero-order chi connectivity index (χ0) is 20.3. The second-order valence-electron chi connectivity index (χ2n) is 8.59. The molecule has 1 aromatic carbocycles. The minimum absolute atomic E-state index is 0.0956. The van der Waals surface area contributed by atoms with Crippen LogP contribution in [0.3, 0.4) is 0 Å². The van der Waals surface area contributed by atoms with Crippen molar-refractivity contribution in [2.24, 2.45) is 5.92 Å². The second-order valence-corrected chi connectivity index (χ2v) is 9.03. The van der Waals surface area contributed by atoms with Crippen molar-refractivity contribution in [2.75, 3.05) is 32.8 Å². The van der Waals surface area contributed by atoms with E-state index < -0.39 is 5.54 Å². The Bertz CT molecular complexity index is 701. The average molecular weight is 407 g/mol. The van der Waals surface area contributed by atoms with E-state index >= 15 is 0 Å². The fourth-order valence-corrected chi connectivity index (χ4v) is 3.89. The highest BCUT2D eigenvalue weighted by Gasteiger charge is 2.47. The molecule has 1 N–H and O–H groups in total. The van der Waals surface area contributed by atoms with Gasteiger partial charge in [-0.15, -0.1) is 0 Å². The summed E-state index contributed by atoms with van der Waals surface area (Å²) >= 11 is 5.95. The van der Waals surface area contributed by atoms with Gasteiger partial charge < -0.3 is 5.32 Å². The molecule has 2 saturated heterocycles. The standard InChI is InChI=1S/C21H31ClN4O2/c1-16(2)8-9-21(3)19(27)26(20(28)23-21)15-25-12-10-24(11-13-25)14-17-4-6-18(22)7-5-17/h4-7,16H,8-15H2,1-3H3,(H,23,28)/t21-/m1/s1. The molecule has 2 aliphatic rings. The molecule has 0 aliphatic carbocycles. The van der Waals surface area contributed by atoms with Gasteiger partial charge in [0.1, 0.15) is 5.54 Å². The van der Waals surface area contributed by atoms with Crippen molar-refractivity contribution in [1.29, 1.82) is 0 Å². The molecule has 3 rings (SSSR count). The minimum Gasteiger partial charge on any atom is -0.323 e. The smallest absolute Gasteiger partial charge is 0.323 e. The van der Waals surface area contributed by atoms with Crippen LogP contribution in [-0.4, -0.2) is 65.0 Å². The van der Waals surface area contributed by atoms with Crippen LogP contribution in [0.1, 0.15) is 39.2 Å². The topological polar surface area (TPSA) is 55.9 Å². The molecular weight excluding hydrogens is 376 g/mol. The number of amides is 3. The Morgan fingerprint density at radius 3 is 2.29 bits per heavy atom. The highest BCUT2D eigenvalue weighted by Crippen LogP contribution is 2.25. The summed E-state index contributed by atoms with van der Waals surface area (Å²) in [5.41, 5.74) is 0.477. The van der Waals surface area contributed by atoms with Gasteiger partial charge in [0.25, 0.3) is 5.91 Å². The number of hydrogen-bond acceptors (Lipinski definition) is 4. The number of nitrogens with zero attached hydrogens (tertiary/aromatic N) is 3. The monoisotopic (exact) mass is 406 g/mol. The van der Waals surface area contributed by atoms with Gasteiger partial charge in [0, 0.05) is 37.7 Å². The number of carbonyl (C=O) groups excluding carboxylic acids is 2. The molecule has 6 nitrogen and oxygen atoms in total. The van der Waals surface area contributed by atoms with Gasteiger partial charge in [0.05, 0.1) is 6.67 Å². The molecular formula is C21H31ClN4O2. The van der Waals surface area contributed by atoms with Crippen molar-refractivity contribution in [1.82, 2.24) is 20.0 Å². The summed E-state index contributed by atoms with van der Waals surface area (Å²) in [5.74, 6) is 0.408. The van der Waals surface area contributed by atoms with Crippen molar-refractivity contribution < 1.29 is 9.59 Å². The number of carbonyl (C=O) groups is 2. The summed E-state index contributed by atoms with van der Waals surface area (Å²) in [6.45, 7) is 10.9. The van der Waals surface area contributed by atoms with Crippen LogP contribution in [0.15, 0.2) is 24.3 Å². The van der Waals surface area contributed by atoms with Gasteiger partial charge in [-0.05, 0) is 43.4 Å². The predicted molar refractivity (Wildman–Crippen MR) is 111 cm³/mol. The van der Waals surface area contributed by atoms with Crippen LogP contribution in [0, 0.1) is 5.92 Å². The van der Waals surface area contributed by atoms with E-state index in [0.717, 1.165) is 44.2 Å². The van der Waals surface area contributed by atoms with Crippen molar-refractivity contribution >= 4 is 23.5 Å². The molecule has 0 aromatic heterocycles. The Kier molecular flexibility index (Phi) is 6.63. The largest absolute Gasteiger partial charge is 0.326 e.